The van der Waals surface area contributed by atoms with Crippen molar-refractivity contribution < 1.29 is 32.2 Å². The predicted molar refractivity (Wildman–Crippen MR) is 135 cm³/mol. The Morgan fingerprint density at radius 2 is 1.84 bits per heavy atom. The molecule has 0 fully saturated rings. The first kappa shape index (κ1) is 26.0. The number of thioether (sulfide) groups is 1. The maximum atomic E-state index is 12.9. The smallest absolute Gasteiger partial charge is 0.441 e. The fourth-order valence-electron chi connectivity index (χ4n) is 3.37. The van der Waals surface area contributed by atoms with Gasteiger partial charge in [-0.2, -0.15) is 28.3 Å². The first-order valence-electron chi connectivity index (χ1n) is 10.9. The van der Waals surface area contributed by atoms with Crippen molar-refractivity contribution in [3.05, 3.63) is 71.8 Å². The third kappa shape index (κ3) is 6.02. The normalized spacial score (nSPS) is 16.3. The summed E-state index contributed by atoms with van der Waals surface area (Å²) in [5, 5.41) is 10.8. The molecule has 8 nitrogen and oxygen atoms in total. The van der Waals surface area contributed by atoms with E-state index in [0.717, 1.165) is 12.0 Å². The summed E-state index contributed by atoms with van der Waals surface area (Å²) in [6.45, 7) is 4.25. The number of hydrazone groups is 1. The summed E-state index contributed by atoms with van der Waals surface area (Å²) in [6, 6.07) is 12.3. The van der Waals surface area contributed by atoms with Crippen LogP contribution >= 0.6 is 11.8 Å². The lowest BCUT2D eigenvalue weighted by Crippen LogP contribution is -2.35. The topological polar surface area (TPSA) is 96.6 Å². The van der Waals surface area contributed by atoms with E-state index in [9.17, 15) is 18.0 Å². The monoisotopic (exact) mass is 530 g/mol. The molecule has 0 aliphatic carbocycles. The minimum Gasteiger partial charge on any atom is -0.493 e. The molecule has 2 aromatic carbocycles. The summed E-state index contributed by atoms with van der Waals surface area (Å²) in [5.41, 5.74) is 1.42. The number of nitrogens with one attached hydrogen (secondary N) is 1. The van der Waals surface area contributed by atoms with E-state index in [0.29, 0.717) is 27.8 Å². The molecule has 37 heavy (non-hydrogen) atoms. The van der Waals surface area contributed by atoms with Gasteiger partial charge in [-0.3, -0.25) is 10.2 Å². The average molecular weight is 531 g/mol. The fraction of sp³-hybridized carbons (Fsp3) is 0.200. The van der Waals surface area contributed by atoms with E-state index in [1.165, 1.54) is 6.08 Å². The number of ether oxygens (including phenoxy) is 3. The lowest BCUT2D eigenvalue weighted by molar-refractivity contribution is -0.114. The number of carbonyl (C=O) groups is 1. The number of hydrogen-bond donors (Lipinski definition) is 1. The highest BCUT2D eigenvalue weighted by atomic mass is 32.2. The van der Waals surface area contributed by atoms with Crippen molar-refractivity contribution in [2.45, 2.75) is 12.6 Å². The van der Waals surface area contributed by atoms with E-state index in [1.807, 2.05) is 18.2 Å². The Labute approximate surface area is 214 Å². The molecular formula is C25H21F3N4O4S. The second-order valence-electron chi connectivity index (χ2n) is 7.67. The quantitative estimate of drug-likeness (QED) is 0.277. The maximum Gasteiger partial charge on any atom is 0.441 e. The standard InChI is InChI=1S/C25H21F3N4O4S/c1-3-4-15-7-10-19(20(14-15)34-2)36-12-11-35-17-8-5-16(6-9-17)13-18-21(29)32-24(30-22(18)33)37-23(31-32)25(26,27)28/h3,5-10,13-14,29H,1,4,11-12H2,2H3. The number of alkyl halides is 3. The third-order valence-corrected chi connectivity index (χ3v) is 6.06. The molecule has 0 atom stereocenters. The van der Waals surface area contributed by atoms with Crippen LogP contribution in [0.1, 0.15) is 11.1 Å². The molecule has 0 saturated carbocycles. The molecule has 0 radical (unpaired) electrons. The molecule has 2 heterocycles. The Balaban J connectivity index is 1.35. The van der Waals surface area contributed by atoms with Crippen molar-refractivity contribution in [3.63, 3.8) is 0 Å². The fourth-order valence-corrected chi connectivity index (χ4v) is 4.13. The summed E-state index contributed by atoms with van der Waals surface area (Å²) in [4.78, 5) is 16.0. The van der Waals surface area contributed by atoms with E-state index in [1.54, 1.807) is 37.5 Å². The lowest BCUT2D eigenvalue weighted by Gasteiger charge is -2.20. The van der Waals surface area contributed by atoms with Gasteiger partial charge in [0.15, 0.2) is 17.3 Å². The van der Waals surface area contributed by atoms with Crippen molar-refractivity contribution >= 4 is 39.8 Å². The molecule has 2 aliphatic rings. The zero-order valence-electron chi connectivity index (χ0n) is 19.5. The van der Waals surface area contributed by atoms with Gasteiger partial charge in [-0.15, -0.1) is 6.58 Å². The van der Waals surface area contributed by atoms with Gasteiger partial charge in [-0.25, -0.2) is 0 Å². The Bertz CT molecular complexity index is 1320. The van der Waals surface area contributed by atoms with Crippen LogP contribution in [0.15, 0.2) is 70.8 Å². The minimum atomic E-state index is -4.69. The summed E-state index contributed by atoms with van der Waals surface area (Å²) in [7, 11) is 1.57. The first-order chi connectivity index (χ1) is 17.7. The van der Waals surface area contributed by atoms with Crippen molar-refractivity contribution in [1.29, 1.82) is 5.41 Å². The highest BCUT2D eigenvalue weighted by Gasteiger charge is 2.46. The van der Waals surface area contributed by atoms with Crippen LogP contribution in [0.25, 0.3) is 6.08 Å². The molecule has 2 aliphatic heterocycles. The summed E-state index contributed by atoms with van der Waals surface area (Å²) >= 11 is 0.206. The molecule has 0 spiro atoms. The number of aliphatic imine (C=N–C) groups is 1. The number of nitrogens with zero attached hydrogens (tertiary/aromatic N) is 3. The van der Waals surface area contributed by atoms with Gasteiger partial charge in [0.2, 0.25) is 10.2 Å². The SMILES string of the molecule is C=CCc1ccc(OCCOc2ccc(C=C3C(=N)N4N=C(C(F)(F)F)SC4=NC3=O)cc2)c(OC)c1. The summed E-state index contributed by atoms with van der Waals surface area (Å²) < 4.78 is 55.6. The number of carbonyl (C=O) groups excluding carboxylic acids is 1. The number of allylic oxidation sites excluding steroid dienone is 1. The van der Waals surface area contributed by atoms with Gasteiger partial charge in [0.25, 0.3) is 5.91 Å². The minimum absolute atomic E-state index is 0.174. The van der Waals surface area contributed by atoms with Gasteiger partial charge >= 0.3 is 6.18 Å². The molecule has 4 rings (SSSR count). The Morgan fingerprint density at radius 3 is 2.51 bits per heavy atom. The molecule has 0 unspecified atom stereocenters. The van der Waals surface area contributed by atoms with Crippen molar-refractivity contribution in [2.75, 3.05) is 20.3 Å². The van der Waals surface area contributed by atoms with Gasteiger partial charge in [-0.05, 0) is 59.7 Å². The van der Waals surface area contributed by atoms with Crippen LogP contribution in [-0.2, 0) is 11.2 Å². The Kier molecular flexibility index (Phi) is 7.67. The van der Waals surface area contributed by atoms with E-state index in [4.69, 9.17) is 19.6 Å². The van der Waals surface area contributed by atoms with Crippen molar-refractivity contribution in [2.24, 2.45) is 10.1 Å². The second-order valence-corrected chi connectivity index (χ2v) is 8.62. The molecule has 2 aromatic rings. The molecule has 12 heteroatoms. The van der Waals surface area contributed by atoms with Crippen molar-refractivity contribution in [3.8, 4) is 17.2 Å². The van der Waals surface area contributed by atoms with Crippen LogP contribution in [0.3, 0.4) is 0 Å². The largest absolute Gasteiger partial charge is 0.493 e. The van der Waals surface area contributed by atoms with Crippen LogP contribution in [0.4, 0.5) is 13.2 Å². The highest BCUT2D eigenvalue weighted by Crippen LogP contribution is 2.35. The Morgan fingerprint density at radius 1 is 1.11 bits per heavy atom. The second kappa shape index (κ2) is 10.9. The van der Waals surface area contributed by atoms with Gasteiger partial charge in [0, 0.05) is 0 Å². The van der Waals surface area contributed by atoms with E-state index in [-0.39, 0.29) is 35.7 Å². The molecular weight excluding hydrogens is 509 g/mol. The zero-order valence-corrected chi connectivity index (χ0v) is 20.4. The number of benzene rings is 2. The zero-order chi connectivity index (χ0) is 26.6. The molecule has 1 amide bonds. The predicted octanol–water partition coefficient (Wildman–Crippen LogP) is 5.06. The van der Waals surface area contributed by atoms with Crippen LogP contribution in [0.2, 0.25) is 0 Å². The number of amidine groups is 2. The molecule has 0 bridgehead atoms. The average Bonchev–Trinajstić information content (AvgIpc) is 3.31. The summed E-state index contributed by atoms with van der Waals surface area (Å²) in [5.74, 6) is 0.456. The first-order valence-corrected chi connectivity index (χ1v) is 11.7. The van der Waals surface area contributed by atoms with E-state index in [2.05, 4.69) is 16.7 Å². The van der Waals surface area contributed by atoms with Crippen LogP contribution in [-0.4, -0.2) is 53.5 Å². The number of amides is 1. The van der Waals surface area contributed by atoms with Gasteiger partial charge in [0.05, 0.1) is 12.7 Å². The van der Waals surface area contributed by atoms with Crippen LogP contribution in [0, 0.1) is 5.41 Å². The molecule has 1 N–H and O–H groups in total. The number of methoxy groups -OCH3 is 1. The molecule has 0 saturated heterocycles. The maximum absolute atomic E-state index is 12.9. The Hall–Kier alpha value is -4.06. The van der Waals surface area contributed by atoms with E-state index >= 15 is 0 Å². The van der Waals surface area contributed by atoms with E-state index < -0.39 is 23.0 Å². The summed E-state index contributed by atoms with van der Waals surface area (Å²) in [6.07, 6.45) is -0.799. The van der Waals surface area contributed by atoms with Gasteiger partial charge in [0.1, 0.15) is 19.0 Å². The number of rotatable bonds is 9. The number of hydrogen-bond acceptors (Lipinski definition) is 7. The molecule has 192 valence electrons. The molecule has 0 aromatic heterocycles. The third-order valence-electron chi connectivity index (χ3n) is 5.11. The van der Waals surface area contributed by atoms with Crippen LogP contribution < -0.4 is 14.2 Å². The van der Waals surface area contributed by atoms with Gasteiger partial charge in [-0.1, -0.05) is 24.3 Å². The van der Waals surface area contributed by atoms with Crippen molar-refractivity contribution in [1.82, 2.24) is 5.01 Å². The van der Waals surface area contributed by atoms with Crippen LogP contribution in [0.5, 0.6) is 17.2 Å². The van der Waals surface area contributed by atoms with Gasteiger partial charge < -0.3 is 14.2 Å². The number of halogens is 3. The highest BCUT2D eigenvalue weighted by molar-refractivity contribution is 8.27. The number of fused-ring (bicyclic) bond motifs is 1. The lowest BCUT2D eigenvalue weighted by atomic mass is 10.1.